The van der Waals surface area contributed by atoms with Gasteiger partial charge in [-0.25, -0.2) is 9.97 Å². The summed E-state index contributed by atoms with van der Waals surface area (Å²) in [6.45, 7) is 2.99. The number of rotatable bonds is 6. The lowest BCUT2D eigenvalue weighted by molar-refractivity contribution is 0.0950. The third kappa shape index (κ3) is 4.19. The minimum atomic E-state index is -0.201. The second-order valence-corrected chi connectivity index (χ2v) is 5.40. The first kappa shape index (κ1) is 15.7. The van der Waals surface area contributed by atoms with E-state index in [1.54, 1.807) is 6.26 Å². The van der Waals surface area contributed by atoms with Crippen LogP contribution in [0.25, 0.3) is 0 Å². The van der Waals surface area contributed by atoms with E-state index < -0.39 is 0 Å². The number of carbonyl (C=O) groups is 1. The maximum absolute atomic E-state index is 12.1. The normalized spacial score (nSPS) is 10.4. The molecule has 0 aliphatic heterocycles. The molecule has 0 bridgehead atoms. The molecule has 0 spiro atoms. The van der Waals surface area contributed by atoms with Crippen LogP contribution in [-0.4, -0.2) is 15.9 Å². The van der Waals surface area contributed by atoms with Gasteiger partial charge in [-0.05, 0) is 24.6 Å². The first-order valence-electron chi connectivity index (χ1n) is 7.63. The Labute approximate surface area is 140 Å². The molecule has 0 fully saturated rings. The van der Waals surface area contributed by atoms with Crippen LogP contribution in [-0.2, 0) is 13.1 Å². The van der Waals surface area contributed by atoms with Gasteiger partial charge in [-0.15, -0.1) is 0 Å². The highest BCUT2D eigenvalue weighted by Crippen LogP contribution is 2.06. The standard InChI is InChI=1S/C18H18N4O2/c1-13-4-6-14(7-5-13)9-19-17(23)15-10-20-18(21-11-15)22-12-16-3-2-8-24-16/h2-8,10-11H,9,12H2,1H3,(H,19,23)(H,20,21,22). The molecule has 0 saturated heterocycles. The second-order valence-electron chi connectivity index (χ2n) is 5.40. The van der Waals surface area contributed by atoms with E-state index in [9.17, 15) is 4.79 Å². The van der Waals surface area contributed by atoms with Crippen LogP contribution in [0.4, 0.5) is 5.95 Å². The van der Waals surface area contributed by atoms with E-state index in [0.29, 0.717) is 24.6 Å². The Balaban J connectivity index is 1.52. The van der Waals surface area contributed by atoms with E-state index >= 15 is 0 Å². The van der Waals surface area contributed by atoms with E-state index in [1.807, 2.05) is 43.3 Å². The Morgan fingerprint density at radius 3 is 2.50 bits per heavy atom. The van der Waals surface area contributed by atoms with Gasteiger partial charge in [0.2, 0.25) is 5.95 Å². The number of hydrogen-bond donors (Lipinski definition) is 2. The first-order chi connectivity index (χ1) is 11.7. The van der Waals surface area contributed by atoms with Crippen molar-refractivity contribution < 1.29 is 9.21 Å². The Bertz CT molecular complexity index is 781. The number of carbonyl (C=O) groups excluding carboxylic acids is 1. The van der Waals surface area contributed by atoms with Crippen LogP contribution in [0.3, 0.4) is 0 Å². The zero-order valence-electron chi connectivity index (χ0n) is 13.3. The van der Waals surface area contributed by atoms with Crippen molar-refractivity contribution in [1.29, 1.82) is 0 Å². The summed E-state index contributed by atoms with van der Waals surface area (Å²) in [6, 6.07) is 11.7. The molecule has 2 aromatic heterocycles. The summed E-state index contributed by atoms with van der Waals surface area (Å²) in [5.74, 6) is 1.04. The minimum absolute atomic E-state index is 0.201. The van der Waals surface area contributed by atoms with Crippen molar-refractivity contribution in [1.82, 2.24) is 15.3 Å². The van der Waals surface area contributed by atoms with Gasteiger partial charge in [-0.1, -0.05) is 29.8 Å². The summed E-state index contributed by atoms with van der Waals surface area (Å²) < 4.78 is 5.22. The highest BCUT2D eigenvalue weighted by Gasteiger charge is 2.07. The number of hydrogen-bond acceptors (Lipinski definition) is 5. The van der Waals surface area contributed by atoms with Crippen molar-refractivity contribution in [2.75, 3.05) is 5.32 Å². The molecular formula is C18H18N4O2. The second kappa shape index (κ2) is 7.41. The molecule has 24 heavy (non-hydrogen) atoms. The van der Waals surface area contributed by atoms with Crippen LogP contribution in [0.1, 0.15) is 27.2 Å². The number of nitrogens with zero attached hydrogens (tertiary/aromatic N) is 2. The van der Waals surface area contributed by atoms with Crippen molar-refractivity contribution in [2.24, 2.45) is 0 Å². The molecular weight excluding hydrogens is 304 g/mol. The lowest BCUT2D eigenvalue weighted by Gasteiger charge is -2.06. The molecule has 2 heterocycles. The van der Waals surface area contributed by atoms with Crippen molar-refractivity contribution in [3.63, 3.8) is 0 Å². The van der Waals surface area contributed by atoms with Crippen molar-refractivity contribution in [3.8, 4) is 0 Å². The SMILES string of the molecule is Cc1ccc(CNC(=O)c2cnc(NCc3ccco3)nc2)cc1. The van der Waals surface area contributed by atoms with Gasteiger partial charge in [0, 0.05) is 18.9 Å². The molecule has 6 nitrogen and oxygen atoms in total. The number of aromatic nitrogens is 2. The van der Waals surface area contributed by atoms with Crippen LogP contribution in [0.5, 0.6) is 0 Å². The monoisotopic (exact) mass is 322 g/mol. The minimum Gasteiger partial charge on any atom is -0.467 e. The van der Waals surface area contributed by atoms with E-state index in [1.165, 1.54) is 18.0 Å². The van der Waals surface area contributed by atoms with E-state index in [4.69, 9.17) is 4.42 Å². The lowest BCUT2D eigenvalue weighted by atomic mass is 10.1. The van der Waals surface area contributed by atoms with Crippen molar-refractivity contribution >= 4 is 11.9 Å². The summed E-state index contributed by atoms with van der Waals surface area (Å²) in [5.41, 5.74) is 2.66. The Morgan fingerprint density at radius 1 is 1.08 bits per heavy atom. The van der Waals surface area contributed by atoms with Crippen LogP contribution in [0.2, 0.25) is 0 Å². The highest BCUT2D eigenvalue weighted by atomic mass is 16.3. The number of benzene rings is 1. The predicted molar refractivity (Wildman–Crippen MR) is 90.4 cm³/mol. The van der Waals surface area contributed by atoms with Crippen molar-refractivity contribution in [3.05, 3.63) is 77.5 Å². The topological polar surface area (TPSA) is 80.0 Å². The quantitative estimate of drug-likeness (QED) is 0.729. The molecule has 122 valence electrons. The number of nitrogens with one attached hydrogen (secondary N) is 2. The Kier molecular flexibility index (Phi) is 4.86. The molecule has 0 atom stereocenters. The average Bonchev–Trinajstić information content (AvgIpc) is 3.13. The maximum atomic E-state index is 12.1. The molecule has 0 unspecified atom stereocenters. The Hall–Kier alpha value is -3.15. The van der Waals surface area contributed by atoms with Gasteiger partial charge in [0.25, 0.3) is 5.91 Å². The van der Waals surface area contributed by atoms with Gasteiger partial charge in [-0.3, -0.25) is 4.79 Å². The predicted octanol–water partition coefficient (Wildman–Crippen LogP) is 2.92. The third-order valence-corrected chi connectivity index (χ3v) is 3.49. The van der Waals surface area contributed by atoms with Gasteiger partial charge in [0.05, 0.1) is 18.4 Å². The smallest absolute Gasteiger partial charge is 0.254 e. The van der Waals surface area contributed by atoms with Gasteiger partial charge in [-0.2, -0.15) is 0 Å². The molecule has 0 radical (unpaired) electrons. The highest BCUT2D eigenvalue weighted by molar-refractivity contribution is 5.93. The van der Waals surface area contributed by atoms with Gasteiger partial charge < -0.3 is 15.1 Å². The molecule has 6 heteroatoms. The van der Waals surface area contributed by atoms with Crippen LogP contribution in [0.15, 0.2) is 59.5 Å². The summed E-state index contributed by atoms with van der Waals surface area (Å²) in [7, 11) is 0. The van der Waals surface area contributed by atoms with Gasteiger partial charge in [0.15, 0.2) is 0 Å². The maximum Gasteiger partial charge on any atom is 0.254 e. The molecule has 1 amide bonds. The van der Waals surface area contributed by atoms with Gasteiger partial charge >= 0.3 is 0 Å². The molecule has 3 aromatic rings. The fraction of sp³-hybridized carbons (Fsp3) is 0.167. The number of amides is 1. The fourth-order valence-corrected chi connectivity index (χ4v) is 2.11. The van der Waals surface area contributed by atoms with Crippen LogP contribution in [0, 0.1) is 6.92 Å². The molecule has 3 rings (SSSR count). The third-order valence-electron chi connectivity index (χ3n) is 3.49. The summed E-state index contributed by atoms with van der Waals surface area (Å²) in [6.07, 6.45) is 4.61. The van der Waals surface area contributed by atoms with E-state index in [-0.39, 0.29) is 5.91 Å². The van der Waals surface area contributed by atoms with E-state index in [0.717, 1.165) is 11.3 Å². The molecule has 0 aliphatic carbocycles. The molecule has 2 N–H and O–H groups in total. The number of aryl methyl sites for hydroxylation is 1. The summed E-state index contributed by atoms with van der Waals surface area (Å²) in [5, 5.41) is 5.88. The largest absolute Gasteiger partial charge is 0.467 e. The fourth-order valence-electron chi connectivity index (χ4n) is 2.11. The Morgan fingerprint density at radius 2 is 1.83 bits per heavy atom. The zero-order valence-corrected chi connectivity index (χ0v) is 13.3. The molecule has 0 aliphatic rings. The average molecular weight is 322 g/mol. The summed E-state index contributed by atoms with van der Waals surface area (Å²) in [4.78, 5) is 20.4. The van der Waals surface area contributed by atoms with Crippen LogP contribution < -0.4 is 10.6 Å². The zero-order chi connectivity index (χ0) is 16.8. The van der Waals surface area contributed by atoms with Gasteiger partial charge in [0.1, 0.15) is 5.76 Å². The molecule has 0 saturated carbocycles. The lowest BCUT2D eigenvalue weighted by Crippen LogP contribution is -2.23. The first-order valence-corrected chi connectivity index (χ1v) is 7.63. The number of furan rings is 1. The van der Waals surface area contributed by atoms with E-state index in [2.05, 4.69) is 20.6 Å². The molecule has 1 aromatic carbocycles. The summed E-state index contributed by atoms with van der Waals surface area (Å²) >= 11 is 0. The number of anilines is 1. The van der Waals surface area contributed by atoms with Crippen molar-refractivity contribution in [2.45, 2.75) is 20.0 Å². The van der Waals surface area contributed by atoms with Crippen LogP contribution >= 0.6 is 0 Å².